The minimum absolute atomic E-state index is 0.105. The number of carbonyl (C=O) groups excluding carboxylic acids is 2. The van der Waals surface area contributed by atoms with Crippen LogP contribution < -0.4 is 16.0 Å². The van der Waals surface area contributed by atoms with Crippen LogP contribution in [0.5, 0.6) is 0 Å². The predicted molar refractivity (Wildman–Crippen MR) is 111 cm³/mol. The van der Waals surface area contributed by atoms with E-state index in [4.69, 9.17) is 5.73 Å². The summed E-state index contributed by atoms with van der Waals surface area (Å²) >= 11 is 0. The van der Waals surface area contributed by atoms with Gasteiger partial charge in [-0.3, -0.25) is 4.79 Å². The lowest BCUT2D eigenvalue weighted by atomic mass is 9.98. The number of hydrogen-bond acceptors (Lipinski definition) is 4. The fourth-order valence-corrected chi connectivity index (χ4v) is 3.49. The van der Waals surface area contributed by atoms with Crippen molar-refractivity contribution in [2.24, 2.45) is 5.73 Å². The molecule has 2 heterocycles. The zero-order valence-corrected chi connectivity index (χ0v) is 16.6. The number of nitrogens with zero attached hydrogens (tertiary/aromatic N) is 3. The SMILES string of the molecule is Cc1cccc(C(C)C)c1NC(=O)N1CCN(c2ncccc2C(N)=O)CC1. The standard InChI is InChI=1S/C21H27N5O2/c1-14(2)16-7-4-6-15(3)18(16)24-21(28)26-12-10-25(11-13-26)20-17(19(22)27)8-5-9-23-20/h4-9,14H,10-13H2,1-3H3,(H2,22,27)(H,24,28). The van der Waals surface area contributed by atoms with E-state index in [1.807, 2.05) is 24.0 Å². The molecule has 1 aromatic heterocycles. The number of primary amides is 1. The Morgan fingerprint density at radius 1 is 1.11 bits per heavy atom. The third-order valence-corrected chi connectivity index (χ3v) is 5.08. The molecule has 3 amide bonds. The highest BCUT2D eigenvalue weighted by Crippen LogP contribution is 2.28. The highest BCUT2D eigenvalue weighted by molar-refractivity contribution is 5.97. The second kappa shape index (κ2) is 8.29. The molecule has 7 heteroatoms. The van der Waals surface area contributed by atoms with Crippen molar-refractivity contribution in [1.29, 1.82) is 0 Å². The molecule has 3 N–H and O–H groups in total. The molecule has 1 aliphatic rings. The number of nitrogens with one attached hydrogen (secondary N) is 1. The molecular weight excluding hydrogens is 354 g/mol. The van der Waals surface area contributed by atoms with Gasteiger partial charge >= 0.3 is 6.03 Å². The number of para-hydroxylation sites is 1. The van der Waals surface area contributed by atoms with E-state index in [0.29, 0.717) is 43.5 Å². The van der Waals surface area contributed by atoms with Gasteiger partial charge in [-0.05, 0) is 36.1 Å². The summed E-state index contributed by atoms with van der Waals surface area (Å²) < 4.78 is 0. The van der Waals surface area contributed by atoms with Gasteiger partial charge in [-0.2, -0.15) is 0 Å². The van der Waals surface area contributed by atoms with Crippen molar-refractivity contribution in [3.8, 4) is 0 Å². The Labute approximate surface area is 165 Å². The maximum Gasteiger partial charge on any atom is 0.321 e. The smallest absolute Gasteiger partial charge is 0.321 e. The molecule has 2 aromatic rings. The van der Waals surface area contributed by atoms with Crippen molar-refractivity contribution < 1.29 is 9.59 Å². The van der Waals surface area contributed by atoms with Gasteiger partial charge in [0.25, 0.3) is 5.91 Å². The minimum Gasteiger partial charge on any atom is -0.365 e. The molecule has 0 unspecified atom stereocenters. The van der Waals surface area contributed by atoms with Gasteiger partial charge in [0.05, 0.1) is 5.56 Å². The summed E-state index contributed by atoms with van der Waals surface area (Å²) in [5.74, 6) is 0.406. The second-order valence-electron chi connectivity index (χ2n) is 7.34. The van der Waals surface area contributed by atoms with Crippen LogP contribution in [-0.4, -0.2) is 48.0 Å². The van der Waals surface area contributed by atoms with Gasteiger partial charge in [-0.15, -0.1) is 0 Å². The van der Waals surface area contributed by atoms with Gasteiger partial charge < -0.3 is 20.9 Å². The first-order valence-electron chi connectivity index (χ1n) is 9.53. The van der Waals surface area contributed by atoms with Gasteiger partial charge in [0.15, 0.2) is 0 Å². The molecule has 0 saturated carbocycles. The molecule has 0 atom stereocenters. The Balaban J connectivity index is 1.68. The molecule has 0 spiro atoms. The Bertz CT molecular complexity index is 873. The molecule has 148 valence electrons. The van der Waals surface area contributed by atoms with Crippen LogP contribution in [0.1, 0.15) is 41.3 Å². The van der Waals surface area contributed by atoms with Crippen molar-refractivity contribution in [3.05, 3.63) is 53.2 Å². The summed E-state index contributed by atoms with van der Waals surface area (Å²) in [6.07, 6.45) is 1.65. The molecule has 1 fully saturated rings. The van der Waals surface area contributed by atoms with Crippen LogP contribution in [0.4, 0.5) is 16.3 Å². The Morgan fingerprint density at radius 2 is 1.82 bits per heavy atom. The van der Waals surface area contributed by atoms with Crippen LogP contribution in [0.15, 0.2) is 36.5 Å². The Morgan fingerprint density at radius 3 is 2.46 bits per heavy atom. The summed E-state index contributed by atoms with van der Waals surface area (Å²) in [7, 11) is 0. The van der Waals surface area contributed by atoms with Crippen molar-refractivity contribution in [2.75, 3.05) is 36.4 Å². The van der Waals surface area contributed by atoms with E-state index in [2.05, 4.69) is 30.2 Å². The number of aromatic nitrogens is 1. The van der Waals surface area contributed by atoms with Crippen LogP contribution in [-0.2, 0) is 0 Å². The van der Waals surface area contributed by atoms with Gasteiger partial charge in [0, 0.05) is 38.1 Å². The lowest BCUT2D eigenvalue weighted by Crippen LogP contribution is -2.50. The molecule has 7 nitrogen and oxygen atoms in total. The predicted octanol–water partition coefficient (Wildman–Crippen LogP) is 2.97. The molecule has 1 saturated heterocycles. The number of aryl methyl sites for hydroxylation is 1. The number of carbonyl (C=O) groups is 2. The number of benzene rings is 1. The third-order valence-electron chi connectivity index (χ3n) is 5.08. The number of urea groups is 1. The maximum atomic E-state index is 12.8. The van der Waals surface area contributed by atoms with Crippen LogP contribution in [0.2, 0.25) is 0 Å². The summed E-state index contributed by atoms with van der Waals surface area (Å²) in [6.45, 7) is 8.52. The van der Waals surface area contributed by atoms with Crippen LogP contribution >= 0.6 is 0 Å². The number of amides is 3. The highest BCUT2D eigenvalue weighted by Gasteiger charge is 2.25. The fraction of sp³-hybridized carbons (Fsp3) is 0.381. The zero-order valence-electron chi connectivity index (χ0n) is 16.6. The van der Waals surface area contributed by atoms with E-state index in [-0.39, 0.29) is 6.03 Å². The van der Waals surface area contributed by atoms with Crippen LogP contribution in [0.25, 0.3) is 0 Å². The molecule has 28 heavy (non-hydrogen) atoms. The van der Waals surface area contributed by atoms with Crippen LogP contribution in [0, 0.1) is 6.92 Å². The number of nitrogens with two attached hydrogens (primary N) is 1. The number of rotatable bonds is 4. The van der Waals surface area contributed by atoms with Crippen molar-refractivity contribution in [3.63, 3.8) is 0 Å². The van der Waals surface area contributed by atoms with E-state index in [1.54, 1.807) is 23.2 Å². The summed E-state index contributed by atoms with van der Waals surface area (Å²) in [5, 5.41) is 3.09. The largest absolute Gasteiger partial charge is 0.365 e. The van der Waals surface area contributed by atoms with Crippen molar-refractivity contribution in [2.45, 2.75) is 26.7 Å². The van der Waals surface area contributed by atoms with E-state index in [0.717, 1.165) is 16.8 Å². The third kappa shape index (κ3) is 4.08. The lowest BCUT2D eigenvalue weighted by Gasteiger charge is -2.36. The highest BCUT2D eigenvalue weighted by atomic mass is 16.2. The van der Waals surface area contributed by atoms with E-state index >= 15 is 0 Å². The monoisotopic (exact) mass is 381 g/mol. The number of hydrogen-bond donors (Lipinski definition) is 2. The molecular formula is C21H27N5O2. The van der Waals surface area contributed by atoms with Gasteiger partial charge in [-0.1, -0.05) is 32.0 Å². The first kappa shape index (κ1) is 19.7. The van der Waals surface area contributed by atoms with E-state index in [9.17, 15) is 9.59 Å². The van der Waals surface area contributed by atoms with Crippen molar-refractivity contribution >= 4 is 23.4 Å². The zero-order chi connectivity index (χ0) is 20.3. The molecule has 0 radical (unpaired) electrons. The summed E-state index contributed by atoms with van der Waals surface area (Å²) in [5.41, 5.74) is 8.94. The van der Waals surface area contributed by atoms with E-state index < -0.39 is 5.91 Å². The quantitative estimate of drug-likeness (QED) is 0.852. The number of anilines is 2. The maximum absolute atomic E-state index is 12.8. The minimum atomic E-state index is -0.496. The average molecular weight is 381 g/mol. The number of piperazine rings is 1. The summed E-state index contributed by atoms with van der Waals surface area (Å²) in [4.78, 5) is 32.6. The van der Waals surface area contributed by atoms with Gasteiger partial charge in [0.1, 0.15) is 5.82 Å². The second-order valence-corrected chi connectivity index (χ2v) is 7.34. The van der Waals surface area contributed by atoms with Crippen molar-refractivity contribution in [1.82, 2.24) is 9.88 Å². The lowest BCUT2D eigenvalue weighted by molar-refractivity contribution is 0.1000. The van der Waals surface area contributed by atoms with E-state index in [1.165, 1.54) is 0 Å². The molecule has 1 aliphatic heterocycles. The normalized spacial score (nSPS) is 14.3. The topological polar surface area (TPSA) is 91.6 Å². The fourth-order valence-electron chi connectivity index (χ4n) is 3.49. The first-order chi connectivity index (χ1) is 13.4. The molecule has 1 aromatic carbocycles. The molecule has 3 rings (SSSR count). The first-order valence-corrected chi connectivity index (χ1v) is 9.53. The Kier molecular flexibility index (Phi) is 5.82. The number of pyridine rings is 1. The average Bonchev–Trinajstić information content (AvgIpc) is 2.69. The van der Waals surface area contributed by atoms with Gasteiger partial charge in [-0.25, -0.2) is 9.78 Å². The summed E-state index contributed by atoms with van der Waals surface area (Å²) in [6, 6.07) is 9.34. The molecule has 0 bridgehead atoms. The van der Waals surface area contributed by atoms with Gasteiger partial charge in [0.2, 0.25) is 0 Å². The van der Waals surface area contributed by atoms with Crippen LogP contribution in [0.3, 0.4) is 0 Å². The Hall–Kier alpha value is -3.09. The molecule has 0 aliphatic carbocycles.